The lowest BCUT2D eigenvalue weighted by Crippen LogP contribution is -2.09. The molecule has 18 heavy (non-hydrogen) atoms. The van der Waals surface area contributed by atoms with E-state index in [1.165, 1.54) is 5.56 Å². The fraction of sp³-hybridized carbons (Fsp3) is 0.385. The minimum absolute atomic E-state index is 0.551. The van der Waals surface area contributed by atoms with Gasteiger partial charge in [-0.05, 0) is 35.8 Å². The van der Waals surface area contributed by atoms with Gasteiger partial charge in [0.15, 0.2) is 4.77 Å². The molecule has 0 aliphatic rings. The Hall–Kier alpha value is -0.940. The van der Waals surface area contributed by atoms with Gasteiger partial charge >= 0.3 is 0 Å². The summed E-state index contributed by atoms with van der Waals surface area (Å²) in [6, 6.07) is 8.27. The van der Waals surface area contributed by atoms with E-state index in [1.807, 2.05) is 12.1 Å². The van der Waals surface area contributed by atoms with Crippen LogP contribution in [0.2, 0.25) is 0 Å². The molecule has 5 heteroatoms. The van der Waals surface area contributed by atoms with Gasteiger partial charge in [0.05, 0.1) is 0 Å². The summed E-state index contributed by atoms with van der Waals surface area (Å²) in [5.41, 5.74) is 1.23. The quantitative estimate of drug-likeness (QED) is 0.863. The number of H-pyrrole nitrogens is 1. The van der Waals surface area contributed by atoms with Crippen LogP contribution in [0.1, 0.15) is 25.2 Å². The van der Waals surface area contributed by atoms with Gasteiger partial charge in [-0.25, -0.2) is 0 Å². The molecule has 1 N–H and O–H groups in total. The van der Waals surface area contributed by atoms with Gasteiger partial charge in [0.25, 0.3) is 0 Å². The van der Waals surface area contributed by atoms with Crippen LogP contribution in [-0.4, -0.2) is 14.8 Å². The monoisotopic (exact) mass is 325 g/mol. The number of aromatic nitrogens is 3. The highest BCUT2D eigenvalue weighted by Gasteiger charge is 2.08. The van der Waals surface area contributed by atoms with E-state index in [4.69, 9.17) is 12.2 Å². The normalized spacial score (nSPS) is 11.1. The van der Waals surface area contributed by atoms with Crippen LogP contribution >= 0.6 is 28.1 Å². The summed E-state index contributed by atoms with van der Waals surface area (Å²) < 4.78 is 3.87. The number of nitrogens with one attached hydrogen (secondary N) is 1. The molecule has 0 amide bonds. The zero-order valence-electron chi connectivity index (χ0n) is 10.5. The van der Waals surface area contributed by atoms with Gasteiger partial charge < -0.3 is 4.57 Å². The molecule has 0 aliphatic carbocycles. The van der Waals surface area contributed by atoms with E-state index in [0.717, 1.165) is 23.3 Å². The Labute approximate surface area is 120 Å². The first kappa shape index (κ1) is 13.5. The summed E-state index contributed by atoms with van der Waals surface area (Å²) in [4.78, 5) is 0. The molecular weight excluding hydrogens is 310 g/mol. The van der Waals surface area contributed by atoms with Gasteiger partial charge in [-0.3, -0.25) is 5.10 Å². The highest BCUT2D eigenvalue weighted by atomic mass is 79.9. The fourth-order valence-corrected chi connectivity index (χ4v) is 2.54. The first-order chi connectivity index (χ1) is 8.56. The summed E-state index contributed by atoms with van der Waals surface area (Å²) >= 11 is 8.75. The van der Waals surface area contributed by atoms with E-state index in [1.54, 1.807) is 0 Å². The van der Waals surface area contributed by atoms with Crippen molar-refractivity contribution in [1.29, 1.82) is 0 Å². The molecular formula is C13H16BrN3S. The number of rotatable bonds is 4. The average molecular weight is 326 g/mol. The molecule has 0 bridgehead atoms. The lowest BCUT2D eigenvalue weighted by atomic mass is 10.1. The molecule has 2 aromatic rings. The highest BCUT2D eigenvalue weighted by molar-refractivity contribution is 9.10. The Morgan fingerprint density at radius 3 is 2.89 bits per heavy atom. The molecule has 96 valence electrons. The van der Waals surface area contributed by atoms with Crippen molar-refractivity contribution in [1.82, 2.24) is 14.8 Å². The maximum atomic E-state index is 5.27. The molecule has 0 saturated heterocycles. The second kappa shape index (κ2) is 5.80. The average Bonchev–Trinajstić information content (AvgIpc) is 2.61. The number of nitrogens with zero attached hydrogens (tertiary/aromatic N) is 2. The van der Waals surface area contributed by atoms with Crippen LogP contribution < -0.4 is 0 Å². The third kappa shape index (κ3) is 3.29. The van der Waals surface area contributed by atoms with Crippen molar-refractivity contribution in [2.24, 2.45) is 5.92 Å². The molecule has 1 aromatic heterocycles. The number of hydrogen-bond acceptors (Lipinski definition) is 2. The number of hydrogen-bond donors (Lipinski definition) is 1. The van der Waals surface area contributed by atoms with Gasteiger partial charge in [-0.15, -0.1) is 0 Å². The number of aromatic amines is 1. The minimum Gasteiger partial charge on any atom is -0.304 e. The Morgan fingerprint density at radius 1 is 1.44 bits per heavy atom. The van der Waals surface area contributed by atoms with Crippen LogP contribution in [0.25, 0.3) is 0 Å². The first-order valence-corrected chi connectivity index (χ1v) is 7.15. The lowest BCUT2D eigenvalue weighted by Gasteiger charge is -2.09. The molecule has 0 spiro atoms. The Morgan fingerprint density at radius 2 is 2.22 bits per heavy atom. The van der Waals surface area contributed by atoms with Gasteiger partial charge in [0, 0.05) is 17.4 Å². The van der Waals surface area contributed by atoms with Crippen LogP contribution in [0.15, 0.2) is 28.7 Å². The molecule has 1 aromatic carbocycles. The van der Waals surface area contributed by atoms with Crippen molar-refractivity contribution in [3.05, 3.63) is 44.9 Å². The second-order valence-electron chi connectivity index (χ2n) is 4.76. The molecule has 0 atom stereocenters. The minimum atomic E-state index is 0.551. The molecule has 2 rings (SSSR count). The fourth-order valence-electron chi connectivity index (χ4n) is 1.87. The van der Waals surface area contributed by atoms with E-state index in [2.05, 4.69) is 56.7 Å². The van der Waals surface area contributed by atoms with E-state index >= 15 is 0 Å². The van der Waals surface area contributed by atoms with Crippen molar-refractivity contribution in [2.45, 2.75) is 26.8 Å². The van der Waals surface area contributed by atoms with Crippen LogP contribution in [0.3, 0.4) is 0 Å². The van der Waals surface area contributed by atoms with Crippen molar-refractivity contribution >= 4 is 28.1 Å². The molecule has 3 nitrogen and oxygen atoms in total. The molecule has 0 saturated carbocycles. The van der Waals surface area contributed by atoms with Crippen LogP contribution in [-0.2, 0) is 13.0 Å². The summed E-state index contributed by atoms with van der Waals surface area (Å²) in [6.07, 6.45) is 0.791. The van der Waals surface area contributed by atoms with Crippen LogP contribution in [0, 0.1) is 10.7 Å². The Balaban J connectivity index is 2.26. The van der Waals surface area contributed by atoms with E-state index < -0.39 is 0 Å². The Bertz CT molecular complexity index is 586. The highest BCUT2D eigenvalue weighted by Crippen LogP contribution is 2.15. The van der Waals surface area contributed by atoms with Gasteiger partial charge in [0.1, 0.15) is 5.82 Å². The maximum Gasteiger partial charge on any atom is 0.195 e. The topological polar surface area (TPSA) is 33.6 Å². The van der Waals surface area contributed by atoms with E-state index in [0.29, 0.717) is 10.7 Å². The van der Waals surface area contributed by atoms with Gasteiger partial charge in [0.2, 0.25) is 0 Å². The summed E-state index contributed by atoms with van der Waals surface area (Å²) in [7, 11) is 0. The predicted octanol–water partition coefficient (Wildman–Crippen LogP) is 3.95. The second-order valence-corrected chi connectivity index (χ2v) is 6.06. The summed E-state index contributed by atoms with van der Waals surface area (Å²) in [5.74, 6) is 1.54. The van der Waals surface area contributed by atoms with E-state index in [-0.39, 0.29) is 0 Å². The molecule has 1 heterocycles. The SMILES string of the molecule is CC(C)Cn1c(Cc2cccc(Br)c2)n[nH]c1=S. The predicted molar refractivity (Wildman–Crippen MR) is 79.2 cm³/mol. The van der Waals surface area contributed by atoms with Crippen molar-refractivity contribution in [3.63, 3.8) is 0 Å². The standard InChI is InChI=1S/C13H16BrN3S/c1-9(2)8-17-12(15-16-13(17)18)7-10-4-3-5-11(14)6-10/h3-6,9H,7-8H2,1-2H3,(H,16,18). The van der Waals surface area contributed by atoms with Crippen LogP contribution in [0.5, 0.6) is 0 Å². The summed E-state index contributed by atoms with van der Waals surface area (Å²) in [5, 5.41) is 7.21. The largest absolute Gasteiger partial charge is 0.304 e. The third-order valence-corrected chi connectivity index (χ3v) is 3.44. The molecule has 0 radical (unpaired) electrons. The van der Waals surface area contributed by atoms with Crippen LogP contribution in [0.4, 0.5) is 0 Å². The van der Waals surface area contributed by atoms with Gasteiger partial charge in [-0.2, -0.15) is 5.10 Å². The Kier molecular flexibility index (Phi) is 4.35. The molecule has 0 aliphatic heterocycles. The van der Waals surface area contributed by atoms with Crippen molar-refractivity contribution in [3.8, 4) is 0 Å². The number of benzene rings is 1. The first-order valence-electron chi connectivity index (χ1n) is 5.95. The smallest absolute Gasteiger partial charge is 0.195 e. The molecule has 0 unspecified atom stereocenters. The zero-order chi connectivity index (χ0) is 13.1. The third-order valence-electron chi connectivity index (χ3n) is 2.64. The molecule has 0 fully saturated rings. The zero-order valence-corrected chi connectivity index (χ0v) is 12.9. The van der Waals surface area contributed by atoms with Crippen molar-refractivity contribution in [2.75, 3.05) is 0 Å². The van der Waals surface area contributed by atoms with Gasteiger partial charge in [-0.1, -0.05) is 41.9 Å². The van der Waals surface area contributed by atoms with E-state index in [9.17, 15) is 0 Å². The maximum absolute atomic E-state index is 5.27. The summed E-state index contributed by atoms with van der Waals surface area (Å²) in [6.45, 7) is 5.26. The van der Waals surface area contributed by atoms with Crippen molar-refractivity contribution < 1.29 is 0 Å². The lowest BCUT2D eigenvalue weighted by molar-refractivity contribution is 0.505. The number of halogens is 1.